The number of ether oxygens (including phenoxy) is 1. The highest BCUT2D eigenvalue weighted by atomic mass is 35.5. The van der Waals surface area contributed by atoms with Gasteiger partial charge in [0.2, 0.25) is 6.35 Å². The normalized spacial score (nSPS) is 14.6. The first-order valence-corrected chi connectivity index (χ1v) is 10.3. The lowest BCUT2D eigenvalue weighted by Crippen LogP contribution is -2.29. The molecule has 3 N–H and O–H groups in total. The van der Waals surface area contributed by atoms with Gasteiger partial charge in [-0.3, -0.25) is 0 Å². The van der Waals surface area contributed by atoms with Crippen LogP contribution in [0.4, 0.5) is 11.4 Å². The minimum Gasteiger partial charge on any atom is -0.478 e. The zero-order valence-electron chi connectivity index (χ0n) is 16.8. The van der Waals surface area contributed by atoms with Gasteiger partial charge in [0.25, 0.3) is 0 Å². The standard InChI is InChI=1S/C24H23ClN2O3/c1-3-4-15-6-8-16(9-7-15)19-12-21-22(13-20(19)25)27-24(26-21)30-17-10-5-14(2)18(11-17)23(28)29/h5-13,24,26-27H,3-4H2,1-2H3,(H,28,29). The molecular weight excluding hydrogens is 400 g/mol. The van der Waals surface area contributed by atoms with Crippen molar-refractivity contribution in [1.29, 1.82) is 0 Å². The Morgan fingerprint density at radius 3 is 2.43 bits per heavy atom. The zero-order valence-corrected chi connectivity index (χ0v) is 17.6. The van der Waals surface area contributed by atoms with E-state index in [1.165, 1.54) is 11.6 Å². The van der Waals surface area contributed by atoms with E-state index in [4.69, 9.17) is 16.3 Å². The van der Waals surface area contributed by atoms with E-state index in [2.05, 4.69) is 41.8 Å². The molecule has 0 spiro atoms. The third-order valence-corrected chi connectivity index (χ3v) is 5.49. The van der Waals surface area contributed by atoms with E-state index in [1.54, 1.807) is 19.1 Å². The van der Waals surface area contributed by atoms with E-state index >= 15 is 0 Å². The van der Waals surface area contributed by atoms with Crippen molar-refractivity contribution in [1.82, 2.24) is 0 Å². The zero-order chi connectivity index (χ0) is 21.3. The number of nitrogens with one attached hydrogen (secondary N) is 2. The van der Waals surface area contributed by atoms with E-state index in [9.17, 15) is 9.90 Å². The summed E-state index contributed by atoms with van der Waals surface area (Å²) in [6.45, 7) is 3.93. The highest BCUT2D eigenvalue weighted by molar-refractivity contribution is 6.34. The number of carboxylic acids is 1. The Kier molecular flexibility index (Phi) is 5.55. The van der Waals surface area contributed by atoms with E-state index in [-0.39, 0.29) is 5.56 Å². The van der Waals surface area contributed by atoms with Gasteiger partial charge in [-0.05, 0) is 54.3 Å². The molecule has 1 atom stereocenters. The van der Waals surface area contributed by atoms with Crippen molar-refractivity contribution in [2.75, 3.05) is 10.6 Å². The van der Waals surface area contributed by atoms with E-state index < -0.39 is 12.3 Å². The van der Waals surface area contributed by atoms with Crippen molar-refractivity contribution in [2.24, 2.45) is 0 Å². The molecule has 1 aliphatic heterocycles. The fourth-order valence-electron chi connectivity index (χ4n) is 3.59. The third kappa shape index (κ3) is 4.07. The summed E-state index contributed by atoms with van der Waals surface area (Å²) in [5.41, 5.74) is 5.93. The first kappa shape index (κ1) is 20.1. The van der Waals surface area contributed by atoms with Gasteiger partial charge in [-0.25, -0.2) is 4.79 Å². The maximum absolute atomic E-state index is 11.4. The average molecular weight is 423 g/mol. The van der Waals surface area contributed by atoms with Gasteiger partial charge < -0.3 is 20.5 Å². The highest BCUT2D eigenvalue weighted by Gasteiger charge is 2.23. The number of aryl methyl sites for hydroxylation is 2. The summed E-state index contributed by atoms with van der Waals surface area (Å²) in [6, 6.07) is 17.3. The first-order valence-electron chi connectivity index (χ1n) is 9.91. The van der Waals surface area contributed by atoms with Gasteiger partial charge >= 0.3 is 5.97 Å². The summed E-state index contributed by atoms with van der Waals surface area (Å²) in [5.74, 6) is -0.511. The lowest BCUT2D eigenvalue weighted by molar-refractivity contribution is 0.0695. The highest BCUT2D eigenvalue weighted by Crippen LogP contribution is 2.39. The third-order valence-electron chi connectivity index (χ3n) is 5.18. The minimum absolute atomic E-state index is 0.222. The molecule has 30 heavy (non-hydrogen) atoms. The van der Waals surface area contributed by atoms with Crippen LogP contribution in [-0.2, 0) is 6.42 Å². The number of benzene rings is 3. The first-order chi connectivity index (χ1) is 14.4. The number of rotatable bonds is 6. The van der Waals surface area contributed by atoms with Gasteiger partial charge in [0.1, 0.15) is 5.75 Å². The molecule has 3 aromatic carbocycles. The van der Waals surface area contributed by atoms with Crippen molar-refractivity contribution in [3.63, 3.8) is 0 Å². The number of halogens is 1. The molecule has 0 aromatic heterocycles. The lowest BCUT2D eigenvalue weighted by Gasteiger charge is -2.15. The summed E-state index contributed by atoms with van der Waals surface area (Å²) in [5, 5.41) is 16.5. The second-order valence-electron chi connectivity index (χ2n) is 7.39. The van der Waals surface area contributed by atoms with E-state index in [0.717, 1.165) is 35.3 Å². The second-order valence-corrected chi connectivity index (χ2v) is 7.80. The van der Waals surface area contributed by atoms with Crippen LogP contribution < -0.4 is 15.4 Å². The van der Waals surface area contributed by atoms with Crippen LogP contribution in [0.1, 0.15) is 34.8 Å². The van der Waals surface area contributed by atoms with Crippen LogP contribution in [0.15, 0.2) is 54.6 Å². The predicted molar refractivity (Wildman–Crippen MR) is 121 cm³/mol. The molecule has 1 heterocycles. The molecule has 0 fully saturated rings. The van der Waals surface area contributed by atoms with Crippen LogP contribution in [0.2, 0.25) is 5.02 Å². The van der Waals surface area contributed by atoms with Gasteiger partial charge in [0.05, 0.1) is 22.0 Å². The van der Waals surface area contributed by atoms with Crippen molar-refractivity contribution in [3.8, 4) is 16.9 Å². The molecule has 1 unspecified atom stereocenters. The summed E-state index contributed by atoms with van der Waals surface area (Å²) in [4.78, 5) is 11.4. The van der Waals surface area contributed by atoms with Gasteiger partial charge in [0, 0.05) is 5.56 Å². The summed E-state index contributed by atoms with van der Waals surface area (Å²) >= 11 is 6.55. The number of anilines is 2. The van der Waals surface area contributed by atoms with Gasteiger partial charge in [-0.2, -0.15) is 0 Å². The maximum Gasteiger partial charge on any atom is 0.336 e. The Hall–Kier alpha value is -3.18. The molecule has 154 valence electrons. The van der Waals surface area contributed by atoms with Crippen molar-refractivity contribution in [2.45, 2.75) is 33.0 Å². The molecule has 4 rings (SSSR count). The number of carboxylic acid groups (broad SMARTS) is 1. The summed E-state index contributed by atoms with van der Waals surface area (Å²) < 4.78 is 5.90. The number of fused-ring (bicyclic) bond motifs is 1. The van der Waals surface area contributed by atoms with Crippen molar-refractivity contribution < 1.29 is 14.6 Å². The Bertz CT molecular complexity index is 1100. The van der Waals surface area contributed by atoms with Crippen LogP contribution in [0.3, 0.4) is 0 Å². The largest absolute Gasteiger partial charge is 0.478 e. The molecule has 6 heteroatoms. The molecule has 0 amide bonds. The number of aromatic carboxylic acids is 1. The number of hydrogen-bond donors (Lipinski definition) is 3. The van der Waals surface area contributed by atoms with Crippen molar-refractivity contribution >= 4 is 28.9 Å². The fraction of sp³-hybridized carbons (Fsp3) is 0.208. The van der Waals surface area contributed by atoms with E-state index in [0.29, 0.717) is 16.3 Å². The summed E-state index contributed by atoms with van der Waals surface area (Å²) in [7, 11) is 0. The SMILES string of the molecule is CCCc1ccc(-c2cc3c(cc2Cl)NC(Oc2ccc(C)c(C(=O)O)c2)N3)cc1. The van der Waals surface area contributed by atoms with Crippen LogP contribution >= 0.6 is 11.6 Å². The van der Waals surface area contributed by atoms with Gasteiger partial charge in [-0.15, -0.1) is 0 Å². The monoisotopic (exact) mass is 422 g/mol. The lowest BCUT2D eigenvalue weighted by atomic mass is 10.0. The molecule has 0 saturated carbocycles. The molecule has 0 bridgehead atoms. The van der Waals surface area contributed by atoms with Crippen LogP contribution in [0.5, 0.6) is 5.75 Å². The molecule has 1 aliphatic rings. The topological polar surface area (TPSA) is 70.6 Å². The molecule has 0 aliphatic carbocycles. The molecule has 0 saturated heterocycles. The second kappa shape index (κ2) is 8.28. The van der Waals surface area contributed by atoms with Gasteiger partial charge in [0.15, 0.2) is 0 Å². The summed E-state index contributed by atoms with van der Waals surface area (Å²) in [6.07, 6.45) is 1.65. The van der Waals surface area contributed by atoms with Crippen molar-refractivity contribution in [3.05, 3.63) is 76.3 Å². The van der Waals surface area contributed by atoms with Crippen LogP contribution in [0, 0.1) is 6.92 Å². The van der Waals surface area contributed by atoms with Crippen LogP contribution in [-0.4, -0.2) is 17.4 Å². The van der Waals surface area contributed by atoms with Crippen LogP contribution in [0.25, 0.3) is 11.1 Å². The quantitative estimate of drug-likeness (QED) is 0.443. The Labute approximate surface area is 180 Å². The maximum atomic E-state index is 11.4. The predicted octanol–water partition coefficient (Wildman–Crippen LogP) is 6.17. The molecule has 5 nitrogen and oxygen atoms in total. The Balaban J connectivity index is 1.53. The Morgan fingerprint density at radius 1 is 1.07 bits per heavy atom. The van der Waals surface area contributed by atoms with E-state index in [1.807, 2.05) is 12.1 Å². The molecular formula is C24H23ClN2O3. The van der Waals surface area contributed by atoms with Gasteiger partial charge in [-0.1, -0.05) is 55.3 Å². The number of hydrogen-bond acceptors (Lipinski definition) is 4. The smallest absolute Gasteiger partial charge is 0.336 e. The molecule has 0 radical (unpaired) electrons. The Morgan fingerprint density at radius 2 is 1.77 bits per heavy atom. The molecule has 3 aromatic rings. The average Bonchev–Trinajstić information content (AvgIpc) is 3.10. The number of carbonyl (C=O) groups is 1. The minimum atomic E-state index is -0.977. The fourth-order valence-corrected chi connectivity index (χ4v) is 3.86.